The van der Waals surface area contributed by atoms with E-state index in [1.807, 2.05) is 0 Å². The van der Waals surface area contributed by atoms with Gasteiger partial charge in [0.1, 0.15) is 22.8 Å². The molecule has 1 heterocycles. The highest BCUT2D eigenvalue weighted by molar-refractivity contribution is 6.31. The molecule has 0 N–H and O–H groups in total. The predicted octanol–water partition coefficient (Wildman–Crippen LogP) is 4.40. The maximum atomic E-state index is 12.2. The summed E-state index contributed by atoms with van der Waals surface area (Å²) in [4.78, 5) is 12.2. The van der Waals surface area contributed by atoms with E-state index in [1.165, 1.54) is 0 Å². The number of aryl methyl sites for hydroxylation is 2. The van der Waals surface area contributed by atoms with Gasteiger partial charge < -0.3 is 13.9 Å². The van der Waals surface area contributed by atoms with Crippen LogP contribution in [0.25, 0.3) is 11.1 Å². The number of methoxy groups -OCH3 is 1. The lowest BCUT2D eigenvalue weighted by Crippen LogP contribution is -2.07. The summed E-state index contributed by atoms with van der Waals surface area (Å²) < 4.78 is 16.1. The average Bonchev–Trinajstić information content (AvgIpc) is 2.73. The Morgan fingerprint density at radius 3 is 2.62 bits per heavy atom. The van der Waals surface area contributed by atoms with Gasteiger partial charge in [0.25, 0.3) is 0 Å². The maximum Gasteiger partial charge on any atom is 0.342 e. The van der Waals surface area contributed by atoms with Crippen LogP contribution in [0.1, 0.15) is 28.8 Å². The summed E-state index contributed by atoms with van der Waals surface area (Å²) in [5, 5.41) is 0.555. The molecule has 0 aliphatic carbocycles. The molecule has 0 saturated carbocycles. The minimum atomic E-state index is -0.413. The fourth-order valence-electron chi connectivity index (χ4n) is 2.33. The molecule has 0 unspecified atom stereocenters. The molecule has 0 radical (unpaired) electrons. The molecule has 21 heavy (non-hydrogen) atoms. The first-order valence-corrected chi connectivity index (χ1v) is 6.98. The van der Waals surface area contributed by atoms with E-state index in [9.17, 15) is 4.79 Å². The topological polar surface area (TPSA) is 48.7 Å². The van der Waals surface area contributed by atoms with Crippen molar-refractivity contribution in [3.63, 3.8) is 0 Å². The van der Waals surface area contributed by atoms with Crippen molar-refractivity contribution in [2.24, 2.45) is 0 Å². The zero-order chi connectivity index (χ0) is 15.6. The number of ether oxygens (including phenoxy) is 2. The molecule has 2 rings (SSSR count). The van der Waals surface area contributed by atoms with Crippen LogP contribution < -0.4 is 4.74 Å². The van der Waals surface area contributed by atoms with Crippen molar-refractivity contribution < 1.29 is 18.7 Å². The summed E-state index contributed by atoms with van der Waals surface area (Å²) in [6.45, 7) is 5.60. The molecule has 0 atom stereocenters. The van der Waals surface area contributed by atoms with Crippen molar-refractivity contribution in [3.8, 4) is 16.9 Å². The van der Waals surface area contributed by atoms with Gasteiger partial charge in [-0.15, -0.1) is 0 Å². The summed E-state index contributed by atoms with van der Waals surface area (Å²) in [7, 11) is 1.57. The summed E-state index contributed by atoms with van der Waals surface area (Å²) in [5.74, 6) is 1.34. The highest BCUT2D eigenvalue weighted by Crippen LogP contribution is 2.39. The van der Waals surface area contributed by atoms with E-state index in [-0.39, 0.29) is 0 Å². The zero-order valence-electron chi connectivity index (χ0n) is 12.5. The molecule has 0 aliphatic heterocycles. The van der Waals surface area contributed by atoms with E-state index in [2.05, 4.69) is 0 Å². The van der Waals surface area contributed by atoms with Crippen molar-refractivity contribution in [1.29, 1.82) is 0 Å². The van der Waals surface area contributed by atoms with Crippen molar-refractivity contribution >= 4 is 17.6 Å². The maximum absolute atomic E-state index is 12.2. The van der Waals surface area contributed by atoms with Crippen LogP contribution in [0.5, 0.6) is 5.75 Å². The Morgan fingerprint density at radius 2 is 2.00 bits per heavy atom. The molecule has 0 amide bonds. The van der Waals surface area contributed by atoms with Gasteiger partial charge in [-0.25, -0.2) is 4.79 Å². The zero-order valence-corrected chi connectivity index (χ0v) is 13.2. The van der Waals surface area contributed by atoms with Gasteiger partial charge >= 0.3 is 5.97 Å². The third kappa shape index (κ3) is 2.90. The molecule has 0 aliphatic rings. The smallest absolute Gasteiger partial charge is 0.342 e. The molecule has 5 heteroatoms. The number of hydrogen-bond donors (Lipinski definition) is 0. The number of hydrogen-bond acceptors (Lipinski definition) is 4. The van der Waals surface area contributed by atoms with E-state index in [1.54, 1.807) is 46.1 Å². The largest absolute Gasteiger partial charge is 0.496 e. The standard InChI is InChI=1S/C16H17ClO4/c1-5-20-16(18)15-10(3)21-9(2)14(15)12-8-11(17)6-7-13(12)19-4/h6-8H,5H2,1-4H3. The van der Waals surface area contributed by atoms with Crippen molar-refractivity contribution in [2.75, 3.05) is 13.7 Å². The highest BCUT2D eigenvalue weighted by Gasteiger charge is 2.25. The third-order valence-corrected chi connectivity index (χ3v) is 3.41. The summed E-state index contributed by atoms with van der Waals surface area (Å²) in [6.07, 6.45) is 0. The Kier molecular flexibility index (Phi) is 4.58. The Balaban J connectivity index is 2.69. The fourth-order valence-corrected chi connectivity index (χ4v) is 2.50. The van der Waals surface area contributed by atoms with E-state index < -0.39 is 5.97 Å². The Morgan fingerprint density at radius 1 is 1.29 bits per heavy atom. The molecule has 0 bridgehead atoms. The second-order valence-electron chi connectivity index (χ2n) is 4.53. The molecule has 1 aromatic heterocycles. The van der Waals surface area contributed by atoms with Gasteiger partial charge in [0.2, 0.25) is 0 Å². The minimum Gasteiger partial charge on any atom is -0.496 e. The first kappa shape index (κ1) is 15.4. The molecular weight excluding hydrogens is 292 g/mol. The summed E-state index contributed by atoms with van der Waals surface area (Å²) in [6, 6.07) is 5.24. The van der Waals surface area contributed by atoms with Crippen LogP contribution >= 0.6 is 11.6 Å². The van der Waals surface area contributed by atoms with E-state index in [4.69, 9.17) is 25.5 Å². The fraction of sp³-hybridized carbons (Fsp3) is 0.312. The predicted molar refractivity (Wildman–Crippen MR) is 81.1 cm³/mol. The van der Waals surface area contributed by atoms with E-state index >= 15 is 0 Å². The van der Waals surface area contributed by atoms with Crippen LogP contribution in [0.2, 0.25) is 5.02 Å². The third-order valence-electron chi connectivity index (χ3n) is 3.17. The minimum absolute atomic E-state index is 0.300. The van der Waals surface area contributed by atoms with Crippen LogP contribution in [0.15, 0.2) is 22.6 Å². The Bertz CT molecular complexity index is 673. The molecule has 0 fully saturated rings. The second-order valence-corrected chi connectivity index (χ2v) is 4.97. The number of halogens is 1. The molecular formula is C16H17ClO4. The van der Waals surface area contributed by atoms with Crippen molar-refractivity contribution in [2.45, 2.75) is 20.8 Å². The lowest BCUT2D eigenvalue weighted by molar-refractivity contribution is 0.0525. The first-order valence-electron chi connectivity index (χ1n) is 6.60. The lowest BCUT2D eigenvalue weighted by atomic mass is 9.99. The number of esters is 1. The van der Waals surface area contributed by atoms with Crippen LogP contribution in [0.4, 0.5) is 0 Å². The van der Waals surface area contributed by atoms with Gasteiger partial charge in [-0.1, -0.05) is 11.6 Å². The quantitative estimate of drug-likeness (QED) is 0.785. The molecule has 112 valence electrons. The molecule has 0 spiro atoms. The van der Waals surface area contributed by atoms with Gasteiger partial charge in [-0.05, 0) is 39.0 Å². The first-order chi connectivity index (χ1) is 9.99. The van der Waals surface area contributed by atoms with Gasteiger partial charge in [-0.3, -0.25) is 0 Å². The number of carbonyl (C=O) groups is 1. The van der Waals surface area contributed by atoms with Crippen molar-refractivity contribution in [3.05, 3.63) is 40.3 Å². The molecule has 2 aromatic rings. The summed E-state index contributed by atoms with van der Waals surface area (Å²) in [5.41, 5.74) is 1.78. The van der Waals surface area contributed by atoms with Gasteiger partial charge in [0.05, 0.1) is 13.7 Å². The van der Waals surface area contributed by atoms with Crippen molar-refractivity contribution in [1.82, 2.24) is 0 Å². The monoisotopic (exact) mass is 308 g/mol. The normalized spacial score (nSPS) is 10.5. The van der Waals surface area contributed by atoms with Gasteiger partial charge in [0.15, 0.2) is 0 Å². The van der Waals surface area contributed by atoms with E-state index in [0.717, 1.165) is 0 Å². The highest BCUT2D eigenvalue weighted by atomic mass is 35.5. The summed E-state index contributed by atoms with van der Waals surface area (Å²) >= 11 is 6.07. The van der Waals surface area contributed by atoms with Gasteiger partial charge in [0, 0.05) is 16.1 Å². The number of benzene rings is 1. The number of carbonyl (C=O) groups excluding carboxylic acids is 1. The lowest BCUT2D eigenvalue weighted by Gasteiger charge is -2.10. The Hall–Kier alpha value is -1.94. The van der Waals surface area contributed by atoms with Gasteiger partial charge in [-0.2, -0.15) is 0 Å². The average molecular weight is 309 g/mol. The van der Waals surface area contributed by atoms with E-state index in [0.29, 0.717) is 45.6 Å². The SMILES string of the molecule is CCOC(=O)c1c(C)oc(C)c1-c1cc(Cl)ccc1OC. The van der Waals surface area contributed by atoms with Crippen LogP contribution in [0, 0.1) is 13.8 Å². The van der Waals surface area contributed by atoms with Crippen LogP contribution in [0.3, 0.4) is 0 Å². The Labute approximate surface area is 128 Å². The number of furan rings is 1. The number of rotatable bonds is 4. The van der Waals surface area contributed by atoms with Crippen LogP contribution in [-0.4, -0.2) is 19.7 Å². The second kappa shape index (κ2) is 6.22. The molecule has 1 aromatic carbocycles. The van der Waals surface area contributed by atoms with Crippen LogP contribution in [-0.2, 0) is 4.74 Å². The molecule has 4 nitrogen and oxygen atoms in total. The molecule has 0 saturated heterocycles.